The van der Waals surface area contributed by atoms with Crippen LogP contribution in [-0.2, 0) is 28.8 Å². The first-order chi connectivity index (χ1) is 14.3. The maximum Gasteiger partial charge on any atom is 0.326 e. The Kier molecular flexibility index (Phi) is 13.1. The highest BCUT2D eigenvalue weighted by Crippen LogP contribution is 2.16. The van der Waals surface area contributed by atoms with Crippen molar-refractivity contribution in [2.24, 2.45) is 17.4 Å². The number of carboxylic acids is 3. The maximum atomic E-state index is 12.3. The molecule has 0 aromatic carbocycles. The number of rotatable bonds is 16. The fourth-order valence-corrected chi connectivity index (χ4v) is 3.27. The molecule has 0 aliphatic heterocycles. The van der Waals surface area contributed by atoms with Gasteiger partial charge in [0.05, 0.1) is 12.0 Å². The third kappa shape index (κ3) is 12.6. The van der Waals surface area contributed by atoms with Gasteiger partial charge in [-0.2, -0.15) is 11.8 Å². The van der Waals surface area contributed by atoms with Crippen molar-refractivity contribution in [3.8, 4) is 0 Å². The summed E-state index contributed by atoms with van der Waals surface area (Å²) >= 11 is 1.01. The molecular formula is C17H28N4O9S. The number of Topliss-reactive ketones (excluding diaryl/α,β-unsaturated/α-hetero) is 1. The van der Waals surface area contributed by atoms with Crippen LogP contribution in [0, 0.1) is 5.92 Å². The molecule has 0 saturated carbocycles. The molecule has 14 heteroatoms. The number of nitrogens with one attached hydrogen (secondary N) is 2. The van der Waals surface area contributed by atoms with E-state index in [1.807, 2.05) is 0 Å². The lowest BCUT2D eigenvalue weighted by Crippen LogP contribution is -2.47. The zero-order valence-corrected chi connectivity index (χ0v) is 17.7. The zero-order chi connectivity index (χ0) is 24.1. The maximum absolute atomic E-state index is 12.3. The lowest BCUT2D eigenvalue weighted by Gasteiger charge is -2.18. The van der Waals surface area contributed by atoms with Crippen LogP contribution < -0.4 is 22.1 Å². The molecule has 0 aromatic heterocycles. The minimum absolute atomic E-state index is 0.00194. The Bertz CT molecular complexity index is 687. The lowest BCUT2D eigenvalue weighted by molar-refractivity contribution is -0.142. The van der Waals surface area contributed by atoms with Crippen molar-refractivity contribution in [2.45, 2.75) is 44.3 Å². The molecule has 0 aliphatic rings. The Morgan fingerprint density at radius 3 is 2.03 bits per heavy atom. The third-order valence-electron chi connectivity index (χ3n) is 3.93. The molecule has 31 heavy (non-hydrogen) atoms. The summed E-state index contributed by atoms with van der Waals surface area (Å²) in [6.45, 7) is 0.709. The van der Waals surface area contributed by atoms with E-state index in [1.165, 1.54) is 6.92 Å². The van der Waals surface area contributed by atoms with Gasteiger partial charge in [0.1, 0.15) is 24.4 Å². The molecule has 0 spiro atoms. The van der Waals surface area contributed by atoms with Crippen LogP contribution in [0.5, 0.6) is 0 Å². The van der Waals surface area contributed by atoms with Gasteiger partial charge in [0, 0.05) is 24.3 Å². The Balaban J connectivity index is 4.92. The molecule has 0 saturated heterocycles. The number of amides is 2. The molecule has 0 aromatic rings. The largest absolute Gasteiger partial charge is 0.480 e. The van der Waals surface area contributed by atoms with E-state index in [4.69, 9.17) is 21.7 Å². The quantitative estimate of drug-likeness (QED) is 0.126. The number of carbonyl (C=O) groups excluding carboxylic acids is 3. The number of ketones is 1. The molecule has 0 fully saturated rings. The third-order valence-corrected chi connectivity index (χ3v) is 5.17. The normalized spacial score (nSPS) is 14.5. The second-order valence-electron chi connectivity index (χ2n) is 6.76. The number of hydrogen-bond acceptors (Lipinski definition) is 9. The molecule has 176 valence electrons. The van der Waals surface area contributed by atoms with Gasteiger partial charge in [-0.1, -0.05) is 0 Å². The number of hydrogen-bond donors (Lipinski definition) is 7. The summed E-state index contributed by atoms with van der Waals surface area (Å²) in [4.78, 5) is 68.7. The van der Waals surface area contributed by atoms with Crippen molar-refractivity contribution in [1.82, 2.24) is 10.6 Å². The molecule has 4 atom stereocenters. The van der Waals surface area contributed by atoms with E-state index >= 15 is 0 Å². The number of carbonyl (C=O) groups is 6. The van der Waals surface area contributed by atoms with Crippen LogP contribution in [0.15, 0.2) is 0 Å². The molecule has 0 unspecified atom stereocenters. The second-order valence-corrected chi connectivity index (χ2v) is 7.84. The monoisotopic (exact) mass is 464 g/mol. The van der Waals surface area contributed by atoms with Gasteiger partial charge in [0.25, 0.3) is 0 Å². The van der Waals surface area contributed by atoms with Crippen LogP contribution in [0.1, 0.15) is 26.2 Å². The molecule has 0 radical (unpaired) electrons. The fourth-order valence-electron chi connectivity index (χ4n) is 2.19. The van der Waals surface area contributed by atoms with Crippen molar-refractivity contribution in [3.05, 3.63) is 0 Å². The van der Waals surface area contributed by atoms with Crippen molar-refractivity contribution < 1.29 is 44.1 Å². The Morgan fingerprint density at radius 1 is 0.935 bits per heavy atom. The standard InChI is InChI=1S/C17H28N4O9S/c1-8(18)14(25)21-12(17(29)30)3-2-10(22)4-9(15(26)20-5-13(23)24)6-31-7-11(19)16(27)28/h8-9,11-12H,2-7,18-19H2,1H3,(H,20,26)(H,21,25)(H,23,24)(H,27,28)(H,29,30)/t8-,9+,11-,12+/m0/s1. The summed E-state index contributed by atoms with van der Waals surface area (Å²) in [6.07, 6.45) is -0.820. The average molecular weight is 464 g/mol. The highest BCUT2D eigenvalue weighted by atomic mass is 32.2. The SMILES string of the molecule is C[C@H](N)C(=O)N[C@H](CCC(=O)C[C@H](CSC[C@H](N)C(=O)O)C(=O)NCC(=O)O)C(=O)O. The Hall–Kier alpha value is -2.71. The molecule has 0 aliphatic carbocycles. The predicted octanol–water partition coefficient (Wildman–Crippen LogP) is -2.40. The van der Waals surface area contributed by atoms with E-state index in [1.54, 1.807) is 0 Å². The van der Waals surface area contributed by atoms with E-state index < -0.39 is 66.1 Å². The van der Waals surface area contributed by atoms with Crippen LogP contribution in [0.4, 0.5) is 0 Å². The minimum Gasteiger partial charge on any atom is -0.480 e. The van der Waals surface area contributed by atoms with Crippen LogP contribution in [-0.4, -0.2) is 87.0 Å². The molecule has 9 N–H and O–H groups in total. The summed E-state index contributed by atoms with van der Waals surface area (Å²) in [7, 11) is 0. The Morgan fingerprint density at radius 2 is 1.55 bits per heavy atom. The summed E-state index contributed by atoms with van der Waals surface area (Å²) in [6, 6.07) is -3.45. The number of thioether (sulfide) groups is 1. The van der Waals surface area contributed by atoms with Crippen molar-refractivity contribution >= 4 is 47.3 Å². The van der Waals surface area contributed by atoms with Gasteiger partial charge >= 0.3 is 17.9 Å². The van der Waals surface area contributed by atoms with Gasteiger partial charge < -0.3 is 37.4 Å². The van der Waals surface area contributed by atoms with Gasteiger partial charge in [-0.25, -0.2) is 4.79 Å². The second kappa shape index (κ2) is 14.3. The van der Waals surface area contributed by atoms with Crippen LogP contribution in [0.2, 0.25) is 0 Å². The fraction of sp³-hybridized carbons (Fsp3) is 0.647. The average Bonchev–Trinajstić information content (AvgIpc) is 2.67. The smallest absolute Gasteiger partial charge is 0.326 e. The van der Waals surface area contributed by atoms with E-state index in [-0.39, 0.29) is 30.8 Å². The van der Waals surface area contributed by atoms with Gasteiger partial charge in [-0.05, 0) is 13.3 Å². The van der Waals surface area contributed by atoms with E-state index in [0.29, 0.717) is 0 Å². The number of nitrogens with two attached hydrogens (primary N) is 2. The minimum atomic E-state index is -1.35. The van der Waals surface area contributed by atoms with Gasteiger partial charge in [0.15, 0.2) is 0 Å². The van der Waals surface area contributed by atoms with E-state index in [0.717, 1.165) is 11.8 Å². The zero-order valence-electron chi connectivity index (χ0n) is 16.9. The molecule has 0 rings (SSSR count). The topological polar surface area (TPSA) is 239 Å². The number of carboxylic acid groups (broad SMARTS) is 3. The lowest BCUT2D eigenvalue weighted by atomic mass is 9.99. The molecular weight excluding hydrogens is 436 g/mol. The first-order valence-corrected chi connectivity index (χ1v) is 10.4. The van der Waals surface area contributed by atoms with E-state index in [9.17, 15) is 33.9 Å². The Labute approximate surface area is 182 Å². The summed E-state index contributed by atoms with van der Waals surface area (Å²) in [5, 5.41) is 31.0. The summed E-state index contributed by atoms with van der Waals surface area (Å²) in [5.74, 6) is -6.77. The molecule has 0 heterocycles. The van der Waals surface area contributed by atoms with Crippen molar-refractivity contribution in [3.63, 3.8) is 0 Å². The van der Waals surface area contributed by atoms with Gasteiger partial charge in [-0.15, -0.1) is 0 Å². The van der Waals surface area contributed by atoms with Gasteiger partial charge in [-0.3, -0.25) is 24.0 Å². The highest BCUT2D eigenvalue weighted by Gasteiger charge is 2.26. The predicted molar refractivity (Wildman–Crippen MR) is 109 cm³/mol. The molecule has 2 amide bonds. The summed E-state index contributed by atoms with van der Waals surface area (Å²) < 4.78 is 0. The first kappa shape index (κ1) is 28.3. The summed E-state index contributed by atoms with van der Waals surface area (Å²) in [5.41, 5.74) is 10.8. The van der Waals surface area contributed by atoms with E-state index in [2.05, 4.69) is 10.6 Å². The van der Waals surface area contributed by atoms with Crippen LogP contribution in [0.25, 0.3) is 0 Å². The van der Waals surface area contributed by atoms with Crippen molar-refractivity contribution in [2.75, 3.05) is 18.1 Å². The highest BCUT2D eigenvalue weighted by molar-refractivity contribution is 7.99. The van der Waals surface area contributed by atoms with Crippen LogP contribution >= 0.6 is 11.8 Å². The number of aliphatic carboxylic acids is 3. The van der Waals surface area contributed by atoms with Crippen LogP contribution in [0.3, 0.4) is 0 Å². The molecule has 0 bridgehead atoms. The first-order valence-electron chi connectivity index (χ1n) is 9.21. The van der Waals surface area contributed by atoms with Crippen molar-refractivity contribution in [1.29, 1.82) is 0 Å². The van der Waals surface area contributed by atoms with Gasteiger partial charge in [0.2, 0.25) is 11.8 Å². The molecule has 13 nitrogen and oxygen atoms in total.